The summed E-state index contributed by atoms with van der Waals surface area (Å²) in [6, 6.07) is 4.24. The number of aryl methyl sites for hydroxylation is 1. The summed E-state index contributed by atoms with van der Waals surface area (Å²) in [6.07, 6.45) is 11.8. The largest absolute Gasteiger partial charge is 0.534 e. The highest BCUT2D eigenvalue weighted by Crippen LogP contribution is 2.38. The van der Waals surface area contributed by atoms with E-state index in [1.165, 1.54) is 18.3 Å². The number of anilines is 1. The fourth-order valence-corrected chi connectivity index (χ4v) is 5.79. The number of morpholine rings is 1. The van der Waals surface area contributed by atoms with Gasteiger partial charge in [0, 0.05) is 36.9 Å². The second-order valence-corrected chi connectivity index (χ2v) is 16.2. The van der Waals surface area contributed by atoms with Gasteiger partial charge in [-0.1, -0.05) is 0 Å². The zero-order valence-electron chi connectivity index (χ0n) is 21.7. The third kappa shape index (κ3) is 6.34. The Morgan fingerprint density at radius 1 is 1.16 bits per heavy atom. The monoisotopic (exact) mass is 575 g/mol. The Hall–Kier alpha value is -2.58. The third-order valence-corrected chi connectivity index (χ3v) is 8.64. The van der Waals surface area contributed by atoms with E-state index in [0.29, 0.717) is 37.7 Å². The van der Waals surface area contributed by atoms with Crippen molar-refractivity contribution in [3.8, 4) is 17.1 Å². The van der Waals surface area contributed by atoms with Gasteiger partial charge in [-0.2, -0.15) is 26.7 Å². The number of aromatic nitrogens is 4. The summed E-state index contributed by atoms with van der Waals surface area (Å²) in [4.78, 5) is 11.1. The Labute approximate surface area is 221 Å². The molecule has 1 aliphatic heterocycles. The van der Waals surface area contributed by atoms with Gasteiger partial charge in [-0.05, 0) is 56.4 Å². The van der Waals surface area contributed by atoms with E-state index in [-0.39, 0.29) is 22.8 Å². The van der Waals surface area contributed by atoms with Crippen LogP contribution in [-0.2, 0) is 21.4 Å². The quantitative estimate of drug-likeness (QED) is 0.210. The van der Waals surface area contributed by atoms with Crippen LogP contribution in [0.2, 0.25) is 0 Å². The molecule has 210 valence electrons. The molecule has 3 aromatic rings. The Morgan fingerprint density at radius 3 is 2.61 bits per heavy atom. The van der Waals surface area contributed by atoms with E-state index in [1.54, 1.807) is 16.9 Å². The lowest BCUT2D eigenvalue weighted by Crippen LogP contribution is -2.44. The van der Waals surface area contributed by atoms with Crippen molar-refractivity contribution in [1.82, 2.24) is 19.7 Å². The summed E-state index contributed by atoms with van der Waals surface area (Å²) in [5.74, 6) is 0.936. The molecule has 0 bridgehead atoms. The van der Waals surface area contributed by atoms with E-state index >= 15 is 0 Å². The van der Waals surface area contributed by atoms with Gasteiger partial charge in [-0.3, -0.25) is 9.67 Å². The molecule has 1 atom stereocenters. The molecule has 3 aromatic heterocycles. The SMILES string of the molecule is C[C@@H]1COCCN1c1cc(OS(=O)(=O)C(F)(F)F)c2ccnc(-c3ccnn3CCCCS(C)(C)C)c2n1. The van der Waals surface area contributed by atoms with Crippen LogP contribution in [0.1, 0.15) is 19.8 Å². The molecular formula is C24H32F3N5O4S2. The van der Waals surface area contributed by atoms with Gasteiger partial charge >= 0.3 is 15.6 Å². The minimum absolute atomic E-state index is 0.0940. The van der Waals surface area contributed by atoms with Crippen LogP contribution in [0.3, 0.4) is 0 Å². The molecule has 38 heavy (non-hydrogen) atoms. The van der Waals surface area contributed by atoms with Gasteiger partial charge in [-0.25, -0.2) is 15.0 Å². The van der Waals surface area contributed by atoms with Crippen molar-refractivity contribution < 1.29 is 30.5 Å². The Balaban J connectivity index is 1.80. The first kappa shape index (κ1) is 28.4. The normalized spacial score (nSPS) is 17.7. The van der Waals surface area contributed by atoms with E-state index in [2.05, 4.69) is 33.0 Å². The van der Waals surface area contributed by atoms with Gasteiger partial charge in [0.1, 0.15) is 17.0 Å². The average Bonchev–Trinajstić information content (AvgIpc) is 3.28. The van der Waals surface area contributed by atoms with Crippen LogP contribution in [0.15, 0.2) is 30.6 Å². The molecule has 0 N–H and O–H groups in total. The molecule has 4 heterocycles. The highest BCUT2D eigenvalue weighted by molar-refractivity contribution is 8.32. The second kappa shape index (κ2) is 10.9. The number of rotatable bonds is 9. The summed E-state index contributed by atoms with van der Waals surface area (Å²) in [7, 11) is -6.53. The summed E-state index contributed by atoms with van der Waals surface area (Å²) in [5, 5.41) is 4.52. The van der Waals surface area contributed by atoms with Gasteiger partial charge in [0.25, 0.3) is 0 Å². The number of nitrogens with zero attached hydrogens (tertiary/aromatic N) is 5. The number of unbranched alkanes of at least 4 members (excludes halogenated alkanes) is 1. The highest BCUT2D eigenvalue weighted by Gasteiger charge is 2.49. The number of halogens is 3. The van der Waals surface area contributed by atoms with Crippen LogP contribution < -0.4 is 9.08 Å². The van der Waals surface area contributed by atoms with Crippen molar-refractivity contribution >= 4 is 36.9 Å². The van der Waals surface area contributed by atoms with Gasteiger partial charge in [0.05, 0.1) is 24.9 Å². The van der Waals surface area contributed by atoms with E-state index in [4.69, 9.17) is 9.72 Å². The maximum Gasteiger partial charge on any atom is 0.534 e. The van der Waals surface area contributed by atoms with Gasteiger partial charge in [-0.15, -0.1) is 0 Å². The van der Waals surface area contributed by atoms with Crippen molar-refractivity contribution in [3.05, 3.63) is 30.6 Å². The minimum atomic E-state index is -5.91. The maximum atomic E-state index is 13.2. The van der Waals surface area contributed by atoms with Crippen molar-refractivity contribution in [3.63, 3.8) is 0 Å². The smallest absolute Gasteiger partial charge is 0.377 e. The third-order valence-electron chi connectivity index (χ3n) is 6.16. The first-order chi connectivity index (χ1) is 17.8. The molecular weight excluding hydrogens is 543 g/mol. The first-order valence-corrected chi connectivity index (χ1v) is 16.5. The van der Waals surface area contributed by atoms with E-state index < -0.39 is 31.4 Å². The molecule has 0 radical (unpaired) electrons. The molecule has 0 aliphatic carbocycles. The lowest BCUT2D eigenvalue weighted by molar-refractivity contribution is -0.0499. The summed E-state index contributed by atoms with van der Waals surface area (Å²) < 4.78 is 75.6. The zero-order valence-corrected chi connectivity index (χ0v) is 23.4. The van der Waals surface area contributed by atoms with E-state index in [0.717, 1.165) is 18.6 Å². The topological polar surface area (TPSA) is 99.4 Å². The van der Waals surface area contributed by atoms with Crippen LogP contribution in [0, 0.1) is 0 Å². The van der Waals surface area contributed by atoms with Gasteiger partial charge < -0.3 is 13.8 Å². The molecule has 1 fully saturated rings. The molecule has 0 amide bonds. The molecule has 1 saturated heterocycles. The van der Waals surface area contributed by atoms with Crippen LogP contribution in [0.5, 0.6) is 5.75 Å². The first-order valence-electron chi connectivity index (χ1n) is 12.1. The van der Waals surface area contributed by atoms with Crippen molar-refractivity contribution in [2.24, 2.45) is 0 Å². The Bertz CT molecular complexity index is 1390. The molecule has 4 rings (SSSR count). The number of hydrogen-bond donors (Lipinski definition) is 0. The summed E-state index contributed by atoms with van der Waals surface area (Å²) >= 11 is 0. The second-order valence-electron chi connectivity index (χ2n) is 10.1. The van der Waals surface area contributed by atoms with E-state index in [1.807, 2.05) is 11.8 Å². The molecule has 0 unspecified atom stereocenters. The van der Waals surface area contributed by atoms with E-state index in [9.17, 15) is 21.6 Å². The van der Waals surface area contributed by atoms with Crippen molar-refractivity contribution in [2.75, 3.05) is 49.2 Å². The molecule has 0 spiro atoms. The Kier molecular flexibility index (Phi) is 8.15. The number of fused-ring (bicyclic) bond motifs is 1. The van der Waals surface area contributed by atoms with Gasteiger partial charge in [0.2, 0.25) is 0 Å². The Morgan fingerprint density at radius 2 is 1.92 bits per heavy atom. The standard InChI is InChI=1S/C24H32F3N5O4S2/c1-17-16-35-13-12-31(17)21-15-20(36-38(33,34)24(25,26)27)18-7-9-28-23(22(18)30-21)19-8-10-29-32(19)11-5-6-14-37(2,3)4/h7-10,15,17H,5-6,11-14,16H2,1-4H3/t17-/m1/s1. The van der Waals surface area contributed by atoms with Crippen molar-refractivity contribution in [1.29, 1.82) is 0 Å². The number of alkyl halides is 3. The van der Waals surface area contributed by atoms with Crippen LogP contribution in [-0.4, -0.2) is 84.0 Å². The predicted octanol–water partition coefficient (Wildman–Crippen LogP) is 4.42. The lowest BCUT2D eigenvalue weighted by atomic mass is 10.1. The molecule has 0 saturated carbocycles. The van der Waals surface area contributed by atoms with Crippen LogP contribution >= 0.6 is 10.0 Å². The fourth-order valence-electron chi connectivity index (χ4n) is 4.25. The van der Waals surface area contributed by atoms with Crippen LogP contribution in [0.25, 0.3) is 22.3 Å². The summed E-state index contributed by atoms with van der Waals surface area (Å²) in [5.41, 5.74) is -4.36. The molecule has 0 aromatic carbocycles. The summed E-state index contributed by atoms with van der Waals surface area (Å²) in [6.45, 7) is 3.72. The molecule has 9 nitrogen and oxygen atoms in total. The molecule has 14 heteroatoms. The van der Waals surface area contributed by atoms with Crippen molar-refractivity contribution in [2.45, 2.75) is 37.9 Å². The van der Waals surface area contributed by atoms with Gasteiger partial charge in [0.15, 0.2) is 5.75 Å². The van der Waals surface area contributed by atoms with Crippen LogP contribution in [0.4, 0.5) is 19.0 Å². The minimum Gasteiger partial charge on any atom is -0.377 e. The number of pyridine rings is 2. The fraction of sp³-hybridized carbons (Fsp3) is 0.542. The lowest BCUT2D eigenvalue weighted by Gasteiger charge is -2.34. The maximum absolute atomic E-state index is 13.2. The number of hydrogen-bond acceptors (Lipinski definition) is 8. The zero-order chi connectivity index (χ0) is 27.7. The molecule has 1 aliphatic rings. The highest BCUT2D eigenvalue weighted by atomic mass is 32.3. The average molecular weight is 576 g/mol. The predicted molar refractivity (Wildman–Crippen MR) is 143 cm³/mol. The number of ether oxygens (including phenoxy) is 1.